The van der Waals surface area contributed by atoms with E-state index >= 15 is 0 Å². The molecule has 1 unspecified atom stereocenters. The summed E-state index contributed by atoms with van der Waals surface area (Å²) in [7, 11) is 0. The normalized spacial score (nSPS) is 11.8. The Morgan fingerprint density at radius 1 is 1.21 bits per heavy atom. The highest BCUT2D eigenvalue weighted by molar-refractivity contribution is 8.00. The van der Waals surface area contributed by atoms with Crippen molar-refractivity contribution in [2.24, 2.45) is 0 Å². The molecule has 0 radical (unpaired) electrons. The second-order valence-electron chi connectivity index (χ2n) is 6.18. The second-order valence-corrected chi connectivity index (χ2v) is 7.60. The monoisotopic (exact) mass is 396 g/mol. The topological polar surface area (TPSA) is 90.1 Å². The maximum Gasteiger partial charge on any atom is 0.269 e. The van der Waals surface area contributed by atoms with Crippen LogP contribution in [0.3, 0.4) is 0 Å². The van der Waals surface area contributed by atoms with Crippen LogP contribution in [0.25, 0.3) is 5.69 Å². The maximum atomic E-state index is 12.3. The fraction of sp³-hybridized carbons (Fsp3) is 0.200. The predicted octanol–water partition coefficient (Wildman–Crippen LogP) is 3.62. The highest BCUT2D eigenvalue weighted by Gasteiger charge is 2.15. The average Bonchev–Trinajstić information content (AvgIpc) is 3.18. The highest BCUT2D eigenvalue weighted by Crippen LogP contribution is 2.25. The van der Waals surface area contributed by atoms with E-state index in [0.717, 1.165) is 16.1 Å². The Hall–Kier alpha value is -3.13. The summed E-state index contributed by atoms with van der Waals surface area (Å²) < 4.78 is 1.81. The lowest BCUT2D eigenvalue weighted by Crippen LogP contribution is -2.32. The van der Waals surface area contributed by atoms with Crippen molar-refractivity contribution in [3.05, 3.63) is 82.7 Å². The van der Waals surface area contributed by atoms with Crippen molar-refractivity contribution in [2.75, 3.05) is 6.54 Å². The minimum absolute atomic E-state index is 0.0394. The van der Waals surface area contributed by atoms with Crippen LogP contribution >= 0.6 is 11.8 Å². The quantitative estimate of drug-likeness (QED) is 0.357. The van der Waals surface area contributed by atoms with E-state index in [4.69, 9.17) is 0 Å². The van der Waals surface area contributed by atoms with E-state index < -0.39 is 4.92 Å². The molecule has 1 N–H and O–H groups in total. The van der Waals surface area contributed by atoms with E-state index in [0.29, 0.717) is 13.0 Å². The van der Waals surface area contributed by atoms with Crippen LogP contribution < -0.4 is 5.32 Å². The number of thioether (sulfide) groups is 1. The lowest BCUT2D eigenvalue weighted by Gasteiger charge is -2.11. The van der Waals surface area contributed by atoms with Crippen LogP contribution in [0, 0.1) is 10.1 Å². The Balaban J connectivity index is 1.46. The molecule has 1 atom stereocenters. The molecule has 28 heavy (non-hydrogen) atoms. The zero-order valence-corrected chi connectivity index (χ0v) is 16.1. The molecule has 0 aliphatic heterocycles. The number of nitro groups is 1. The molecule has 0 saturated heterocycles. The van der Waals surface area contributed by atoms with Gasteiger partial charge in [0.1, 0.15) is 0 Å². The van der Waals surface area contributed by atoms with Gasteiger partial charge >= 0.3 is 0 Å². The van der Waals surface area contributed by atoms with Crippen LogP contribution in [0.4, 0.5) is 5.69 Å². The summed E-state index contributed by atoms with van der Waals surface area (Å²) in [6.07, 6.45) is 4.44. The molecule has 0 spiro atoms. The fourth-order valence-electron chi connectivity index (χ4n) is 2.59. The Morgan fingerprint density at radius 3 is 2.61 bits per heavy atom. The minimum Gasteiger partial charge on any atom is -0.355 e. The molecular weight excluding hydrogens is 376 g/mol. The first kappa shape index (κ1) is 19.6. The molecule has 3 aromatic rings. The van der Waals surface area contributed by atoms with E-state index in [1.165, 1.54) is 23.9 Å². The number of non-ortho nitro benzene ring substituents is 1. The molecule has 1 aromatic heterocycles. The highest BCUT2D eigenvalue weighted by atomic mass is 32.2. The van der Waals surface area contributed by atoms with Crippen LogP contribution in [0.2, 0.25) is 0 Å². The number of nitro benzene ring substituents is 1. The van der Waals surface area contributed by atoms with E-state index in [-0.39, 0.29) is 16.8 Å². The lowest BCUT2D eigenvalue weighted by molar-refractivity contribution is -0.384. The third kappa shape index (κ3) is 5.20. The van der Waals surface area contributed by atoms with Crippen LogP contribution in [-0.2, 0) is 11.2 Å². The van der Waals surface area contributed by atoms with Gasteiger partial charge in [0.05, 0.1) is 22.1 Å². The van der Waals surface area contributed by atoms with Crippen molar-refractivity contribution in [1.29, 1.82) is 0 Å². The van der Waals surface area contributed by atoms with E-state index in [9.17, 15) is 14.9 Å². The number of benzene rings is 2. The van der Waals surface area contributed by atoms with Crippen LogP contribution in [0.15, 0.2) is 71.9 Å². The summed E-state index contributed by atoms with van der Waals surface area (Å²) in [5.74, 6) is -0.0706. The van der Waals surface area contributed by atoms with Crippen LogP contribution in [0.1, 0.15) is 12.5 Å². The third-order valence-electron chi connectivity index (χ3n) is 4.10. The van der Waals surface area contributed by atoms with Crippen molar-refractivity contribution < 1.29 is 9.72 Å². The van der Waals surface area contributed by atoms with Crippen molar-refractivity contribution in [1.82, 2.24) is 15.1 Å². The molecule has 0 bridgehead atoms. The largest absolute Gasteiger partial charge is 0.355 e. The Labute approximate surface area is 166 Å². The van der Waals surface area contributed by atoms with Gasteiger partial charge in [0.25, 0.3) is 5.69 Å². The molecule has 2 aromatic carbocycles. The van der Waals surface area contributed by atoms with Gasteiger partial charge in [0.2, 0.25) is 5.91 Å². The molecular formula is C20H20N4O3S. The fourth-order valence-corrected chi connectivity index (χ4v) is 3.48. The molecule has 7 nitrogen and oxygen atoms in total. The smallest absolute Gasteiger partial charge is 0.269 e. The number of rotatable bonds is 8. The number of hydrogen-bond donors (Lipinski definition) is 1. The van der Waals surface area contributed by atoms with Gasteiger partial charge in [-0.1, -0.05) is 18.2 Å². The zero-order chi connectivity index (χ0) is 19.9. The maximum absolute atomic E-state index is 12.3. The first-order valence-corrected chi connectivity index (χ1v) is 9.68. The van der Waals surface area contributed by atoms with Gasteiger partial charge < -0.3 is 5.32 Å². The molecule has 1 heterocycles. The van der Waals surface area contributed by atoms with Gasteiger partial charge in [0.15, 0.2) is 0 Å². The SMILES string of the molecule is CC(Sc1ccc([N+](=O)[O-])cc1)C(=O)NCCc1cnn(-c2ccccc2)c1. The first-order chi connectivity index (χ1) is 13.5. The Kier molecular flexibility index (Phi) is 6.44. The summed E-state index contributed by atoms with van der Waals surface area (Å²) >= 11 is 1.37. The van der Waals surface area contributed by atoms with Crippen molar-refractivity contribution in [2.45, 2.75) is 23.5 Å². The predicted molar refractivity (Wildman–Crippen MR) is 109 cm³/mol. The Bertz CT molecular complexity index is 942. The van der Waals surface area contributed by atoms with Crippen molar-refractivity contribution in [3.8, 4) is 5.69 Å². The summed E-state index contributed by atoms with van der Waals surface area (Å²) in [5.41, 5.74) is 2.07. The van der Waals surface area contributed by atoms with Gasteiger partial charge in [-0.25, -0.2) is 4.68 Å². The summed E-state index contributed by atoms with van der Waals surface area (Å²) in [6.45, 7) is 2.33. The van der Waals surface area contributed by atoms with Crippen LogP contribution in [-0.4, -0.2) is 32.4 Å². The molecule has 1 amide bonds. The summed E-state index contributed by atoms with van der Waals surface area (Å²) in [5, 5.41) is 17.7. The number of aromatic nitrogens is 2. The molecule has 0 saturated carbocycles. The van der Waals surface area contributed by atoms with E-state index in [1.54, 1.807) is 18.3 Å². The standard InChI is InChI=1S/C20H20N4O3S/c1-15(28-19-9-7-18(8-10-19)24(26)27)20(25)21-12-11-16-13-22-23(14-16)17-5-3-2-4-6-17/h2-10,13-15H,11-12H2,1H3,(H,21,25). The third-order valence-corrected chi connectivity index (χ3v) is 5.21. The number of carbonyl (C=O) groups excluding carboxylic acids is 1. The number of hydrogen-bond acceptors (Lipinski definition) is 5. The molecule has 0 aliphatic carbocycles. The van der Waals surface area contributed by atoms with Gasteiger partial charge in [-0.05, 0) is 43.2 Å². The first-order valence-electron chi connectivity index (χ1n) is 8.81. The minimum atomic E-state index is -0.440. The molecule has 0 fully saturated rings. The number of carbonyl (C=O) groups is 1. The van der Waals surface area contributed by atoms with Gasteiger partial charge in [-0.15, -0.1) is 11.8 Å². The second kappa shape index (κ2) is 9.18. The average molecular weight is 396 g/mol. The molecule has 144 valence electrons. The van der Waals surface area contributed by atoms with E-state index in [1.807, 2.05) is 48.1 Å². The molecule has 3 rings (SSSR count). The molecule has 8 heteroatoms. The van der Waals surface area contributed by atoms with Crippen LogP contribution in [0.5, 0.6) is 0 Å². The zero-order valence-electron chi connectivity index (χ0n) is 15.3. The number of para-hydroxylation sites is 1. The Morgan fingerprint density at radius 2 is 1.93 bits per heavy atom. The van der Waals surface area contributed by atoms with Crippen molar-refractivity contribution in [3.63, 3.8) is 0 Å². The summed E-state index contributed by atoms with van der Waals surface area (Å²) in [6, 6.07) is 16.0. The number of nitrogens with zero attached hydrogens (tertiary/aromatic N) is 3. The number of nitrogens with one attached hydrogen (secondary N) is 1. The molecule has 0 aliphatic rings. The number of amides is 1. The van der Waals surface area contributed by atoms with Gasteiger partial charge in [0, 0.05) is 29.8 Å². The summed E-state index contributed by atoms with van der Waals surface area (Å²) in [4.78, 5) is 23.3. The van der Waals surface area contributed by atoms with Crippen molar-refractivity contribution >= 4 is 23.4 Å². The van der Waals surface area contributed by atoms with Gasteiger partial charge in [-0.2, -0.15) is 5.10 Å². The lowest BCUT2D eigenvalue weighted by atomic mass is 10.2. The van der Waals surface area contributed by atoms with Gasteiger partial charge in [-0.3, -0.25) is 14.9 Å². The van der Waals surface area contributed by atoms with E-state index in [2.05, 4.69) is 10.4 Å².